The molecule has 156 valence electrons. The summed E-state index contributed by atoms with van der Waals surface area (Å²) in [4.78, 5) is 27.5. The Hall–Kier alpha value is -2.34. The molecule has 0 aromatic heterocycles. The average molecular weight is 461 g/mol. The van der Waals surface area contributed by atoms with Crippen molar-refractivity contribution in [3.63, 3.8) is 0 Å². The zero-order chi connectivity index (χ0) is 21.6. The highest BCUT2D eigenvalue weighted by molar-refractivity contribution is 9.10. The Morgan fingerprint density at radius 3 is 2.10 bits per heavy atom. The minimum atomic E-state index is -0.594. The van der Waals surface area contributed by atoms with E-state index in [4.69, 9.17) is 4.74 Å². The number of hydrogen-bond acceptors (Lipinski definition) is 3. The Morgan fingerprint density at radius 2 is 1.59 bits per heavy atom. The lowest BCUT2D eigenvalue weighted by Crippen LogP contribution is -2.52. The first-order valence-corrected chi connectivity index (χ1v) is 10.4. The van der Waals surface area contributed by atoms with Crippen LogP contribution >= 0.6 is 15.9 Å². The summed E-state index contributed by atoms with van der Waals surface area (Å²) >= 11 is 3.43. The fraction of sp³-hybridized carbons (Fsp3) is 0.391. The zero-order valence-electron chi connectivity index (χ0n) is 17.7. The minimum Gasteiger partial charge on any atom is -0.497 e. The van der Waals surface area contributed by atoms with Gasteiger partial charge in [-0.25, -0.2) is 0 Å². The molecule has 0 saturated heterocycles. The molecule has 0 radical (unpaired) electrons. The first-order valence-electron chi connectivity index (χ1n) is 9.58. The lowest BCUT2D eigenvalue weighted by Gasteiger charge is -2.31. The Labute approximate surface area is 181 Å². The van der Waals surface area contributed by atoms with Crippen molar-refractivity contribution in [3.05, 3.63) is 64.1 Å². The maximum Gasteiger partial charge on any atom is 0.242 e. The van der Waals surface area contributed by atoms with Crippen molar-refractivity contribution in [3.8, 4) is 5.75 Å². The molecular formula is C23H29BrN2O3. The molecule has 1 unspecified atom stereocenters. The van der Waals surface area contributed by atoms with Crippen LogP contribution in [-0.4, -0.2) is 35.4 Å². The standard InChI is InChI=1S/C23H29BrN2O3/c1-16(22(28)25-23(2,3)4)26(15-18-6-10-19(24)11-7-18)21(27)14-17-8-12-20(29-5)13-9-17/h6-13,16H,14-15H2,1-5H3,(H,25,28). The topological polar surface area (TPSA) is 58.6 Å². The van der Waals surface area contributed by atoms with Crippen LogP contribution in [0.2, 0.25) is 0 Å². The summed E-state index contributed by atoms with van der Waals surface area (Å²) in [6, 6.07) is 14.6. The molecule has 0 spiro atoms. The van der Waals surface area contributed by atoms with Crippen molar-refractivity contribution in [2.24, 2.45) is 0 Å². The Bertz CT molecular complexity index is 827. The lowest BCUT2D eigenvalue weighted by molar-refractivity contribution is -0.140. The quantitative estimate of drug-likeness (QED) is 0.668. The number of carbonyl (C=O) groups is 2. The first kappa shape index (κ1) is 22.9. The maximum atomic E-state index is 13.2. The Balaban J connectivity index is 2.22. The number of amides is 2. The van der Waals surface area contributed by atoms with Crippen molar-refractivity contribution in [2.45, 2.75) is 52.2 Å². The highest BCUT2D eigenvalue weighted by Crippen LogP contribution is 2.17. The van der Waals surface area contributed by atoms with Crippen LogP contribution in [0.4, 0.5) is 0 Å². The second-order valence-corrected chi connectivity index (χ2v) is 9.00. The van der Waals surface area contributed by atoms with Crippen molar-refractivity contribution in [1.29, 1.82) is 0 Å². The molecular weight excluding hydrogens is 432 g/mol. The number of carbonyl (C=O) groups excluding carboxylic acids is 2. The third kappa shape index (κ3) is 7.20. The summed E-state index contributed by atoms with van der Waals surface area (Å²) in [5.41, 5.74) is 1.47. The fourth-order valence-corrected chi connectivity index (χ4v) is 3.13. The number of nitrogens with one attached hydrogen (secondary N) is 1. The Kier molecular flexibility index (Phi) is 7.85. The highest BCUT2D eigenvalue weighted by atomic mass is 79.9. The van der Waals surface area contributed by atoms with Gasteiger partial charge >= 0.3 is 0 Å². The van der Waals surface area contributed by atoms with Gasteiger partial charge in [0.25, 0.3) is 0 Å². The largest absolute Gasteiger partial charge is 0.497 e. The summed E-state index contributed by atoms with van der Waals surface area (Å²) < 4.78 is 6.14. The minimum absolute atomic E-state index is 0.102. The SMILES string of the molecule is COc1ccc(CC(=O)N(Cc2ccc(Br)cc2)C(C)C(=O)NC(C)(C)C)cc1. The highest BCUT2D eigenvalue weighted by Gasteiger charge is 2.28. The van der Waals surface area contributed by atoms with E-state index < -0.39 is 6.04 Å². The summed E-state index contributed by atoms with van der Waals surface area (Å²) in [6.07, 6.45) is 0.216. The zero-order valence-corrected chi connectivity index (χ0v) is 19.2. The monoisotopic (exact) mass is 460 g/mol. The summed E-state index contributed by atoms with van der Waals surface area (Å²) in [7, 11) is 1.61. The van der Waals surface area contributed by atoms with E-state index in [-0.39, 0.29) is 23.8 Å². The summed E-state index contributed by atoms with van der Waals surface area (Å²) in [5, 5.41) is 2.97. The van der Waals surface area contributed by atoms with E-state index in [9.17, 15) is 9.59 Å². The molecule has 0 heterocycles. The average Bonchev–Trinajstić information content (AvgIpc) is 2.66. The van der Waals surface area contributed by atoms with Gasteiger partial charge in [0, 0.05) is 16.6 Å². The van der Waals surface area contributed by atoms with Crippen LogP contribution in [-0.2, 0) is 22.6 Å². The van der Waals surface area contributed by atoms with E-state index >= 15 is 0 Å². The molecule has 2 aromatic carbocycles. The smallest absolute Gasteiger partial charge is 0.242 e. The van der Waals surface area contributed by atoms with E-state index in [2.05, 4.69) is 21.2 Å². The molecule has 0 fully saturated rings. The molecule has 0 saturated carbocycles. The first-order chi connectivity index (χ1) is 13.6. The van der Waals surface area contributed by atoms with Crippen molar-refractivity contribution in [2.75, 3.05) is 7.11 Å². The van der Waals surface area contributed by atoms with E-state index in [1.54, 1.807) is 18.9 Å². The third-order valence-electron chi connectivity index (χ3n) is 4.45. The normalized spacial score (nSPS) is 12.2. The summed E-state index contributed by atoms with van der Waals surface area (Å²) in [5.74, 6) is 0.471. The number of rotatable bonds is 7. The molecule has 2 rings (SSSR count). The predicted octanol–water partition coefficient (Wildman–Crippen LogP) is 4.33. The van der Waals surface area contributed by atoms with Crippen LogP contribution in [0.1, 0.15) is 38.8 Å². The molecule has 0 aliphatic heterocycles. The van der Waals surface area contributed by atoms with Gasteiger partial charge < -0.3 is 15.0 Å². The van der Waals surface area contributed by atoms with Gasteiger partial charge in [-0.3, -0.25) is 9.59 Å². The van der Waals surface area contributed by atoms with Crippen LogP contribution in [0.15, 0.2) is 53.0 Å². The second kappa shape index (κ2) is 9.92. The van der Waals surface area contributed by atoms with E-state index in [1.165, 1.54) is 0 Å². The van der Waals surface area contributed by atoms with Crippen LogP contribution in [0.5, 0.6) is 5.75 Å². The number of ether oxygens (including phenoxy) is 1. The van der Waals surface area contributed by atoms with Gasteiger partial charge in [0.15, 0.2) is 0 Å². The molecule has 5 nitrogen and oxygen atoms in total. The molecule has 29 heavy (non-hydrogen) atoms. The van der Waals surface area contributed by atoms with Crippen molar-refractivity contribution < 1.29 is 14.3 Å². The van der Waals surface area contributed by atoms with E-state index in [1.807, 2.05) is 69.3 Å². The number of methoxy groups -OCH3 is 1. The molecule has 2 aromatic rings. The number of hydrogen-bond donors (Lipinski definition) is 1. The van der Waals surface area contributed by atoms with Gasteiger partial charge in [0.2, 0.25) is 11.8 Å². The molecule has 1 N–H and O–H groups in total. The molecule has 0 bridgehead atoms. The van der Waals surface area contributed by atoms with Gasteiger partial charge in [-0.1, -0.05) is 40.2 Å². The molecule has 0 aliphatic rings. The van der Waals surface area contributed by atoms with Crippen LogP contribution < -0.4 is 10.1 Å². The Morgan fingerprint density at radius 1 is 1.03 bits per heavy atom. The van der Waals surface area contributed by atoms with Gasteiger partial charge in [0.05, 0.1) is 13.5 Å². The molecule has 2 amide bonds. The van der Waals surface area contributed by atoms with Gasteiger partial charge in [-0.2, -0.15) is 0 Å². The second-order valence-electron chi connectivity index (χ2n) is 8.09. The van der Waals surface area contributed by atoms with Gasteiger partial charge in [-0.05, 0) is 63.1 Å². The molecule has 6 heteroatoms. The molecule has 1 atom stereocenters. The number of benzene rings is 2. The number of halogens is 1. The maximum absolute atomic E-state index is 13.2. The van der Waals surface area contributed by atoms with Crippen molar-refractivity contribution >= 4 is 27.7 Å². The van der Waals surface area contributed by atoms with Crippen LogP contribution in [0.3, 0.4) is 0 Å². The third-order valence-corrected chi connectivity index (χ3v) is 4.97. The van der Waals surface area contributed by atoms with Crippen molar-refractivity contribution in [1.82, 2.24) is 10.2 Å². The van der Waals surface area contributed by atoms with E-state index in [0.717, 1.165) is 21.3 Å². The molecule has 0 aliphatic carbocycles. The predicted molar refractivity (Wildman–Crippen MR) is 119 cm³/mol. The summed E-state index contributed by atoms with van der Waals surface area (Å²) in [6.45, 7) is 7.91. The fourth-order valence-electron chi connectivity index (χ4n) is 2.86. The van der Waals surface area contributed by atoms with Gasteiger partial charge in [-0.15, -0.1) is 0 Å². The van der Waals surface area contributed by atoms with Crippen LogP contribution in [0.25, 0.3) is 0 Å². The van der Waals surface area contributed by atoms with Crippen LogP contribution in [0, 0.1) is 0 Å². The van der Waals surface area contributed by atoms with Gasteiger partial charge in [0.1, 0.15) is 11.8 Å². The lowest BCUT2D eigenvalue weighted by atomic mass is 10.1. The van der Waals surface area contributed by atoms with E-state index in [0.29, 0.717) is 6.54 Å². The number of nitrogens with zero attached hydrogens (tertiary/aromatic N) is 1.